The average Bonchev–Trinajstić information content (AvgIpc) is 2.71. The summed E-state index contributed by atoms with van der Waals surface area (Å²) in [6, 6.07) is 8.07. The third-order valence-electron chi connectivity index (χ3n) is 2.53. The maximum absolute atomic E-state index is 13.0. The Labute approximate surface area is 90.1 Å². The Morgan fingerprint density at radius 1 is 1.25 bits per heavy atom. The van der Waals surface area contributed by atoms with Gasteiger partial charge in [0.25, 0.3) is 0 Å². The van der Waals surface area contributed by atoms with Crippen LogP contribution in [-0.4, -0.2) is 15.7 Å². The molecular weight excluding hydrogens is 207 g/mol. The second-order valence-corrected chi connectivity index (χ2v) is 3.55. The zero-order chi connectivity index (χ0) is 11.1. The van der Waals surface area contributed by atoms with Gasteiger partial charge in [0.15, 0.2) is 6.29 Å². The zero-order valence-corrected chi connectivity index (χ0v) is 8.22. The van der Waals surface area contributed by atoms with Gasteiger partial charge in [-0.15, -0.1) is 0 Å². The standard InChI is InChI=1S/C12H7FN2O/c13-9-2-3-11-8(5-9)1-4-12-14-10(7-16)6-15(11)12/h1-7H. The monoisotopic (exact) mass is 214 g/mol. The molecule has 0 amide bonds. The Bertz CT molecular complexity index is 703. The van der Waals surface area contributed by atoms with E-state index in [0.29, 0.717) is 17.6 Å². The van der Waals surface area contributed by atoms with E-state index >= 15 is 0 Å². The molecule has 16 heavy (non-hydrogen) atoms. The number of fused-ring (bicyclic) bond motifs is 3. The summed E-state index contributed by atoms with van der Waals surface area (Å²) >= 11 is 0. The van der Waals surface area contributed by atoms with Gasteiger partial charge in [-0.25, -0.2) is 9.37 Å². The molecule has 0 bridgehead atoms. The molecule has 0 atom stereocenters. The Balaban J connectivity index is 2.48. The lowest BCUT2D eigenvalue weighted by Gasteiger charge is -2.01. The SMILES string of the molecule is O=Cc1cn2c(ccc3cc(F)ccc32)n1. The van der Waals surface area contributed by atoms with Crippen molar-refractivity contribution in [3.05, 3.63) is 48.0 Å². The Morgan fingerprint density at radius 3 is 2.94 bits per heavy atom. The van der Waals surface area contributed by atoms with Gasteiger partial charge in [0.2, 0.25) is 0 Å². The lowest BCUT2D eigenvalue weighted by Crippen LogP contribution is -1.87. The molecule has 0 aliphatic heterocycles. The molecule has 4 heteroatoms. The van der Waals surface area contributed by atoms with Gasteiger partial charge in [-0.2, -0.15) is 0 Å². The molecule has 3 nitrogen and oxygen atoms in total. The second kappa shape index (κ2) is 3.13. The highest BCUT2D eigenvalue weighted by Crippen LogP contribution is 2.18. The molecule has 0 spiro atoms. The lowest BCUT2D eigenvalue weighted by molar-refractivity contribution is 0.111. The first kappa shape index (κ1) is 9.03. The first-order valence-corrected chi connectivity index (χ1v) is 4.80. The van der Waals surface area contributed by atoms with Crippen molar-refractivity contribution >= 4 is 22.8 Å². The number of hydrogen-bond donors (Lipinski definition) is 0. The van der Waals surface area contributed by atoms with Crippen molar-refractivity contribution in [1.29, 1.82) is 0 Å². The summed E-state index contributed by atoms with van der Waals surface area (Å²) in [5.74, 6) is -0.275. The third kappa shape index (κ3) is 1.20. The minimum absolute atomic E-state index is 0.275. The molecule has 0 radical (unpaired) electrons. The zero-order valence-electron chi connectivity index (χ0n) is 8.22. The summed E-state index contributed by atoms with van der Waals surface area (Å²) in [7, 11) is 0. The predicted molar refractivity (Wildman–Crippen MR) is 58.0 cm³/mol. The van der Waals surface area contributed by atoms with E-state index in [2.05, 4.69) is 4.98 Å². The van der Waals surface area contributed by atoms with Crippen LogP contribution in [0.4, 0.5) is 4.39 Å². The van der Waals surface area contributed by atoms with Gasteiger partial charge >= 0.3 is 0 Å². The largest absolute Gasteiger partial charge is 0.299 e. The molecular formula is C12H7FN2O. The van der Waals surface area contributed by atoms with Crippen LogP contribution in [0.5, 0.6) is 0 Å². The summed E-state index contributed by atoms with van der Waals surface area (Å²) < 4.78 is 14.8. The summed E-state index contributed by atoms with van der Waals surface area (Å²) in [6.45, 7) is 0. The number of imidazole rings is 1. The molecule has 0 unspecified atom stereocenters. The Hall–Kier alpha value is -2.23. The predicted octanol–water partition coefficient (Wildman–Crippen LogP) is 2.44. The third-order valence-corrected chi connectivity index (χ3v) is 2.53. The van der Waals surface area contributed by atoms with Crippen molar-refractivity contribution in [1.82, 2.24) is 9.38 Å². The van der Waals surface area contributed by atoms with E-state index in [1.54, 1.807) is 28.8 Å². The maximum Gasteiger partial charge on any atom is 0.170 e. The first-order valence-electron chi connectivity index (χ1n) is 4.80. The molecule has 2 heterocycles. The van der Waals surface area contributed by atoms with Gasteiger partial charge in [0.05, 0.1) is 5.52 Å². The number of aromatic nitrogens is 2. The molecule has 0 N–H and O–H groups in total. The van der Waals surface area contributed by atoms with E-state index in [1.807, 2.05) is 0 Å². The van der Waals surface area contributed by atoms with E-state index < -0.39 is 0 Å². The van der Waals surface area contributed by atoms with E-state index in [-0.39, 0.29) is 5.82 Å². The number of pyridine rings is 1. The van der Waals surface area contributed by atoms with Crippen molar-refractivity contribution < 1.29 is 9.18 Å². The van der Waals surface area contributed by atoms with E-state index in [1.165, 1.54) is 12.1 Å². The van der Waals surface area contributed by atoms with Crippen molar-refractivity contribution in [2.75, 3.05) is 0 Å². The quantitative estimate of drug-likeness (QED) is 0.583. The summed E-state index contributed by atoms with van der Waals surface area (Å²) in [5.41, 5.74) is 1.89. The fourth-order valence-electron chi connectivity index (χ4n) is 1.82. The van der Waals surface area contributed by atoms with Crippen molar-refractivity contribution in [3.63, 3.8) is 0 Å². The van der Waals surface area contributed by atoms with Gasteiger partial charge < -0.3 is 0 Å². The minimum atomic E-state index is -0.275. The number of carbonyl (C=O) groups excluding carboxylic acids is 1. The summed E-state index contributed by atoms with van der Waals surface area (Å²) in [4.78, 5) is 14.7. The van der Waals surface area contributed by atoms with Crippen LogP contribution in [0.3, 0.4) is 0 Å². The molecule has 0 aliphatic rings. The van der Waals surface area contributed by atoms with Crippen LogP contribution in [0.15, 0.2) is 36.5 Å². The smallest absolute Gasteiger partial charge is 0.170 e. The normalized spacial score (nSPS) is 11.1. The van der Waals surface area contributed by atoms with Crippen molar-refractivity contribution in [2.45, 2.75) is 0 Å². The average molecular weight is 214 g/mol. The first-order chi connectivity index (χ1) is 7.78. The van der Waals surface area contributed by atoms with Gasteiger partial charge in [0.1, 0.15) is 17.2 Å². The van der Waals surface area contributed by atoms with Gasteiger partial charge in [0, 0.05) is 11.6 Å². The van der Waals surface area contributed by atoms with Crippen LogP contribution in [0.2, 0.25) is 0 Å². The number of benzene rings is 1. The van der Waals surface area contributed by atoms with E-state index in [0.717, 1.165) is 10.9 Å². The van der Waals surface area contributed by atoms with Crippen LogP contribution in [0.25, 0.3) is 16.6 Å². The molecule has 0 aliphatic carbocycles. The van der Waals surface area contributed by atoms with Crippen LogP contribution in [0, 0.1) is 5.82 Å². The summed E-state index contributed by atoms with van der Waals surface area (Å²) in [6.07, 6.45) is 2.34. The Kier molecular flexibility index (Phi) is 1.77. The number of halogens is 1. The molecule has 0 saturated heterocycles. The molecule has 1 aromatic carbocycles. The van der Waals surface area contributed by atoms with Crippen molar-refractivity contribution in [3.8, 4) is 0 Å². The van der Waals surface area contributed by atoms with Gasteiger partial charge in [-0.1, -0.05) is 0 Å². The molecule has 2 aromatic heterocycles. The van der Waals surface area contributed by atoms with Gasteiger partial charge in [-0.05, 0) is 30.3 Å². The number of nitrogens with zero attached hydrogens (tertiary/aromatic N) is 2. The Morgan fingerprint density at radius 2 is 2.12 bits per heavy atom. The highest BCUT2D eigenvalue weighted by atomic mass is 19.1. The maximum atomic E-state index is 13.0. The van der Waals surface area contributed by atoms with E-state index in [4.69, 9.17) is 0 Å². The fraction of sp³-hybridized carbons (Fsp3) is 0. The van der Waals surface area contributed by atoms with Crippen LogP contribution in [-0.2, 0) is 0 Å². The lowest BCUT2D eigenvalue weighted by atomic mass is 10.2. The van der Waals surface area contributed by atoms with Crippen LogP contribution in [0.1, 0.15) is 10.5 Å². The van der Waals surface area contributed by atoms with Crippen LogP contribution >= 0.6 is 0 Å². The molecule has 78 valence electrons. The number of rotatable bonds is 1. The second-order valence-electron chi connectivity index (χ2n) is 3.55. The molecule has 0 fully saturated rings. The highest BCUT2D eigenvalue weighted by molar-refractivity contribution is 5.83. The number of carbonyl (C=O) groups is 1. The van der Waals surface area contributed by atoms with Crippen molar-refractivity contribution in [2.24, 2.45) is 0 Å². The molecule has 3 rings (SSSR count). The van der Waals surface area contributed by atoms with Crippen LogP contribution < -0.4 is 0 Å². The van der Waals surface area contributed by atoms with Gasteiger partial charge in [-0.3, -0.25) is 9.20 Å². The fourth-order valence-corrected chi connectivity index (χ4v) is 1.82. The number of aldehydes is 1. The topological polar surface area (TPSA) is 34.4 Å². The minimum Gasteiger partial charge on any atom is -0.299 e. The summed E-state index contributed by atoms with van der Waals surface area (Å²) in [5, 5.41) is 0.780. The number of hydrogen-bond acceptors (Lipinski definition) is 2. The van der Waals surface area contributed by atoms with E-state index in [9.17, 15) is 9.18 Å². The molecule has 0 saturated carbocycles. The highest BCUT2D eigenvalue weighted by Gasteiger charge is 2.04. The molecule has 3 aromatic rings.